The van der Waals surface area contributed by atoms with Gasteiger partial charge in [-0.05, 0) is 51.0 Å². The fourth-order valence-electron chi connectivity index (χ4n) is 3.24. The van der Waals surface area contributed by atoms with E-state index < -0.39 is 0 Å². The third kappa shape index (κ3) is 3.59. The molecule has 3 heteroatoms. The van der Waals surface area contributed by atoms with E-state index in [0.29, 0.717) is 0 Å². The van der Waals surface area contributed by atoms with Gasteiger partial charge in [0, 0.05) is 36.2 Å². The Morgan fingerprint density at radius 2 is 2.05 bits per heavy atom. The highest BCUT2D eigenvalue weighted by Crippen LogP contribution is 2.23. The predicted octanol–water partition coefficient (Wildman–Crippen LogP) is 3.96. The number of rotatable bonds is 6. The van der Waals surface area contributed by atoms with E-state index >= 15 is 0 Å². The predicted molar refractivity (Wildman–Crippen MR) is 88.0 cm³/mol. The van der Waals surface area contributed by atoms with Gasteiger partial charge in [-0.2, -0.15) is 0 Å². The van der Waals surface area contributed by atoms with Crippen molar-refractivity contribution in [3.05, 3.63) is 30.5 Å². The van der Waals surface area contributed by atoms with Gasteiger partial charge in [0.05, 0.1) is 6.10 Å². The van der Waals surface area contributed by atoms with Crippen LogP contribution in [-0.4, -0.2) is 23.3 Å². The van der Waals surface area contributed by atoms with Gasteiger partial charge in [-0.25, -0.2) is 0 Å². The lowest BCUT2D eigenvalue weighted by atomic mass is 10.2. The largest absolute Gasteiger partial charge is 0.491 e. The van der Waals surface area contributed by atoms with Crippen molar-refractivity contribution in [2.75, 3.05) is 6.54 Å². The molecule has 0 atom stereocenters. The van der Waals surface area contributed by atoms with E-state index in [1.807, 2.05) is 0 Å². The highest BCUT2D eigenvalue weighted by Gasteiger charge is 2.13. The summed E-state index contributed by atoms with van der Waals surface area (Å²) < 4.78 is 8.09. The van der Waals surface area contributed by atoms with Gasteiger partial charge in [0.25, 0.3) is 0 Å². The molecule has 3 rings (SSSR count). The van der Waals surface area contributed by atoms with Crippen molar-refractivity contribution in [3.8, 4) is 5.75 Å². The molecule has 0 radical (unpaired) electrons. The quantitative estimate of drug-likeness (QED) is 0.870. The van der Waals surface area contributed by atoms with Crippen LogP contribution >= 0.6 is 0 Å². The van der Waals surface area contributed by atoms with Crippen LogP contribution in [0.3, 0.4) is 0 Å². The van der Waals surface area contributed by atoms with Gasteiger partial charge < -0.3 is 14.6 Å². The van der Waals surface area contributed by atoms with Gasteiger partial charge >= 0.3 is 0 Å². The van der Waals surface area contributed by atoms with Crippen LogP contribution in [0.4, 0.5) is 0 Å². The molecule has 0 unspecified atom stereocenters. The van der Waals surface area contributed by atoms with Crippen LogP contribution in [0.1, 0.15) is 39.5 Å². The zero-order valence-corrected chi connectivity index (χ0v) is 13.1. The molecule has 0 amide bonds. The summed E-state index contributed by atoms with van der Waals surface area (Å²) in [6.07, 6.45) is 7.89. The first-order valence-electron chi connectivity index (χ1n) is 8.21. The summed E-state index contributed by atoms with van der Waals surface area (Å²) in [5.74, 6) is 0.958. The third-order valence-electron chi connectivity index (χ3n) is 4.26. The Hall–Kier alpha value is -1.48. The van der Waals surface area contributed by atoms with Crippen LogP contribution in [0.2, 0.25) is 0 Å². The van der Waals surface area contributed by atoms with E-state index in [1.54, 1.807) is 0 Å². The second-order valence-electron chi connectivity index (χ2n) is 6.33. The van der Waals surface area contributed by atoms with Crippen molar-refractivity contribution in [3.63, 3.8) is 0 Å². The van der Waals surface area contributed by atoms with Crippen molar-refractivity contribution in [1.29, 1.82) is 0 Å². The minimum Gasteiger partial charge on any atom is -0.491 e. The van der Waals surface area contributed by atoms with Gasteiger partial charge in [-0.3, -0.25) is 0 Å². The number of hydrogen-bond donors (Lipinski definition) is 1. The molecule has 1 heterocycles. The maximum absolute atomic E-state index is 5.76. The number of hydrogen-bond acceptors (Lipinski definition) is 2. The molecule has 0 bridgehead atoms. The number of fused-ring (bicyclic) bond motifs is 1. The molecule has 1 aliphatic carbocycles. The third-order valence-corrected chi connectivity index (χ3v) is 4.26. The Bertz CT molecular complexity index is 582. The van der Waals surface area contributed by atoms with Gasteiger partial charge in [0.1, 0.15) is 5.75 Å². The highest BCUT2D eigenvalue weighted by atomic mass is 16.5. The van der Waals surface area contributed by atoms with Crippen LogP contribution in [0.15, 0.2) is 30.5 Å². The molecular weight excluding hydrogens is 260 g/mol. The first-order chi connectivity index (χ1) is 10.2. The van der Waals surface area contributed by atoms with Gasteiger partial charge in [0.2, 0.25) is 0 Å². The number of aromatic nitrogens is 1. The fourth-order valence-corrected chi connectivity index (χ4v) is 3.24. The summed E-state index contributed by atoms with van der Waals surface area (Å²) in [6, 6.07) is 9.30. The normalized spacial score (nSPS) is 16.1. The smallest absolute Gasteiger partial charge is 0.120 e. The molecule has 2 aromatic rings. The molecule has 0 saturated heterocycles. The first kappa shape index (κ1) is 14.5. The number of ether oxygens (including phenoxy) is 1. The fraction of sp³-hybridized carbons (Fsp3) is 0.556. The number of nitrogens with one attached hydrogen (secondary N) is 1. The lowest BCUT2D eigenvalue weighted by molar-refractivity contribution is 0.243. The molecule has 1 aliphatic rings. The van der Waals surface area contributed by atoms with Gasteiger partial charge in [-0.1, -0.05) is 12.8 Å². The summed E-state index contributed by atoms with van der Waals surface area (Å²) in [5, 5.41) is 4.93. The van der Waals surface area contributed by atoms with Crippen LogP contribution in [-0.2, 0) is 6.54 Å². The van der Waals surface area contributed by atoms with Crippen LogP contribution in [0.5, 0.6) is 5.75 Å². The zero-order valence-electron chi connectivity index (χ0n) is 13.1. The van der Waals surface area contributed by atoms with E-state index in [1.165, 1.54) is 36.6 Å². The lowest BCUT2D eigenvalue weighted by Gasteiger charge is -2.13. The van der Waals surface area contributed by atoms with E-state index in [2.05, 4.69) is 54.2 Å². The average molecular weight is 286 g/mol. The molecule has 1 aromatic heterocycles. The molecule has 1 saturated carbocycles. The van der Waals surface area contributed by atoms with E-state index in [4.69, 9.17) is 4.74 Å². The van der Waals surface area contributed by atoms with Crippen LogP contribution in [0.25, 0.3) is 10.9 Å². The molecule has 3 nitrogen and oxygen atoms in total. The first-order valence-corrected chi connectivity index (χ1v) is 8.21. The summed E-state index contributed by atoms with van der Waals surface area (Å²) in [7, 11) is 0. The Kier molecular flexibility index (Phi) is 4.49. The maximum Gasteiger partial charge on any atom is 0.120 e. The maximum atomic E-state index is 5.76. The average Bonchev–Trinajstić information content (AvgIpc) is 3.08. The van der Waals surface area contributed by atoms with Gasteiger partial charge in [0.15, 0.2) is 0 Å². The lowest BCUT2D eigenvalue weighted by Crippen LogP contribution is -2.29. The Morgan fingerprint density at radius 3 is 2.81 bits per heavy atom. The van der Waals surface area contributed by atoms with Gasteiger partial charge in [-0.15, -0.1) is 0 Å². The van der Waals surface area contributed by atoms with Crippen molar-refractivity contribution in [2.45, 2.75) is 58.2 Å². The van der Waals surface area contributed by atoms with Crippen molar-refractivity contribution < 1.29 is 4.74 Å². The second-order valence-corrected chi connectivity index (χ2v) is 6.33. The molecule has 1 aromatic carbocycles. The van der Waals surface area contributed by atoms with Crippen molar-refractivity contribution in [2.24, 2.45) is 0 Å². The molecular formula is C18H26N2O. The highest BCUT2D eigenvalue weighted by molar-refractivity contribution is 5.81. The summed E-state index contributed by atoms with van der Waals surface area (Å²) in [5.41, 5.74) is 1.29. The van der Waals surface area contributed by atoms with E-state index in [-0.39, 0.29) is 6.10 Å². The Labute approximate surface area is 127 Å². The zero-order chi connectivity index (χ0) is 14.7. The van der Waals surface area contributed by atoms with Crippen LogP contribution in [0, 0.1) is 0 Å². The minimum absolute atomic E-state index is 0.222. The molecule has 0 spiro atoms. The SMILES string of the molecule is CC(C)Oc1ccc2c(ccn2CCNC2CCCC2)c1. The molecule has 0 aliphatic heterocycles. The molecule has 1 N–H and O–H groups in total. The van der Waals surface area contributed by atoms with E-state index in [0.717, 1.165) is 24.9 Å². The molecule has 1 fully saturated rings. The second kappa shape index (κ2) is 6.52. The van der Waals surface area contributed by atoms with Crippen molar-refractivity contribution >= 4 is 10.9 Å². The Morgan fingerprint density at radius 1 is 1.24 bits per heavy atom. The monoisotopic (exact) mass is 286 g/mol. The minimum atomic E-state index is 0.222. The number of benzene rings is 1. The topological polar surface area (TPSA) is 26.2 Å². The molecule has 21 heavy (non-hydrogen) atoms. The summed E-state index contributed by atoms with van der Waals surface area (Å²) in [4.78, 5) is 0. The molecule has 114 valence electrons. The van der Waals surface area contributed by atoms with Crippen LogP contribution < -0.4 is 10.1 Å². The summed E-state index contributed by atoms with van der Waals surface area (Å²) in [6.45, 7) is 6.21. The van der Waals surface area contributed by atoms with Crippen molar-refractivity contribution in [1.82, 2.24) is 9.88 Å². The Balaban J connectivity index is 1.62. The standard InChI is InChI=1S/C18H26N2O/c1-14(2)21-17-7-8-18-15(13-17)9-11-20(18)12-10-19-16-5-3-4-6-16/h7-9,11,13-14,16,19H,3-6,10,12H2,1-2H3. The summed E-state index contributed by atoms with van der Waals surface area (Å²) >= 11 is 0. The van der Waals surface area contributed by atoms with E-state index in [9.17, 15) is 0 Å². The number of nitrogens with zero attached hydrogens (tertiary/aromatic N) is 1.